The van der Waals surface area contributed by atoms with Crippen molar-refractivity contribution in [1.29, 1.82) is 0 Å². The molecule has 0 aliphatic rings. The number of halogens is 2. The van der Waals surface area contributed by atoms with Gasteiger partial charge >= 0.3 is 0 Å². The summed E-state index contributed by atoms with van der Waals surface area (Å²) in [4.78, 5) is 3.99. The van der Waals surface area contributed by atoms with Crippen molar-refractivity contribution in [3.8, 4) is 0 Å². The van der Waals surface area contributed by atoms with Crippen LogP contribution in [0.2, 0.25) is 0 Å². The first-order valence-electron chi connectivity index (χ1n) is 6.19. The number of benzene rings is 1. The fraction of sp³-hybridized carbons (Fsp3) is 0.214. The number of nitrogen functional groups attached to an aromatic ring is 1. The number of hydrogen-bond donors (Lipinski definition) is 3. The predicted octanol–water partition coefficient (Wildman–Crippen LogP) is 1.56. The summed E-state index contributed by atoms with van der Waals surface area (Å²) in [6, 6.07) is 6.86. The molecule has 1 aromatic heterocycles. The molecule has 6 heteroatoms. The smallest absolute Gasteiger partial charge is 0.126 e. The molecule has 5 N–H and O–H groups in total. The van der Waals surface area contributed by atoms with Gasteiger partial charge in [0.1, 0.15) is 17.5 Å². The predicted molar refractivity (Wildman–Crippen MR) is 73.5 cm³/mol. The summed E-state index contributed by atoms with van der Waals surface area (Å²) in [5.41, 5.74) is 9.78. The molecule has 0 spiro atoms. The van der Waals surface area contributed by atoms with Gasteiger partial charge in [-0.2, -0.15) is 0 Å². The number of pyridine rings is 1. The SMILES string of the molecule is NNC(Cc1cc(F)cc(F)c1)Cc1cccnc1N. The van der Waals surface area contributed by atoms with Gasteiger partial charge in [0.05, 0.1) is 0 Å². The number of hydrogen-bond acceptors (Lipinski definition) is 4. The van der Waals surface area contributed by atoms with Gasteiger partial charge in [-0.3, -0.25) is 11.3 Å². The summed E-state index contributed by atoms with van der Waals surface area (Å²) in [6.07, 6.45) is 2.51. The molecule has 4 nitrogen and oxygen atoms in total. The normalized spacial score (nSPS) is 12.3. The van der Waals surface area contributed by atoms with Crippen LogP contribution in [0, 0.1) is 11.6 Å². The fourth-order valence-corrected chi connectivity index (χ4v) is 2.09. The zero-order valence-electron chi connectivity index (χ0n) is 10.8. The van der Waals surface area contributed by atoms with E-state index in [1.807, 2.05) is 6.07 Å². The van der Waals surface area contributed by atoms with Gasteiger partial charge in [-0.25, -0.2) is 13.8 Å². The summed E-state index contributed by atoms with van der Waals surface area (Å²) >= 11 is 0. The van der Waals surface area contributed by atoms with E-state index in [-0.39, 0.29) is 6.04 Å². The van der Waals surface area contributed by atoms with Crippen LogP contribution in [0.4, 0.5) is 14.6 Å². The lowest BCUT2D eigenvalue weighted by atomic mass is 9.99. The highest BCUT2D eigenvalue weighted by atomic mass is 19.1. The number of nitrogens with one attached hydrogen (secondary N) is 1. The first-order chi connectivity index (χ1) is 9.58. The molecule has 0 aliphatic heterocycles. The average molecular weight is 278 g/mol. The van der Waals surface area contributed by atoms with Crippen molar-refractivity contribution < 1.29 is 8.78 Å². The molecule has 1 unspecified atom stereocenters. The third kappa shape index (κ3) is 3.72. The summed E-state index contributed by atoms with van der Waals surface area (Å²) in [6.45, 7) is 0. The topological polar surface area (TPSA) is 77.0 Å². The number of anilines is 1. The van der Waals surface area contributed by atoms with E-state index < -0.39 is 11.6 Å². The minimum Gasteiger partial charge on any atom is -0.383 e. The van der Waals surface area contributed by atoms with Crippen LogP contribution in [0.1, 0.15) is 11.1 Å². The molecule has 2 rings (SSSR count). The van der Waals surface area contributed by atoms with Gasteiger partial charge in [0.15, 0.2) is 0 Å². The first-order valence-corrected chi connectivity index (χ1v) is 6.19. The van der Waals surface area contributed by atoms with Crippen LogP contribution in [0.5, 0.6) is 0 Å². The summed E-state index contributed by atoms with van der Waals surface area (Å²) < 4.78 is 26.3. The Morgan fingerprint density at radius 1 is 1.15 bits per heavy atom. The Morgan fingerprint density at radius 2 is 1.85 bits per heavy atom. The van der Waals surface area contributed by atoms with Gasteiger partial charge in [-0.05, 0) is 42.2 Å². The van der Waals surface area contributed by atoms with E-state index in [1.54, 1.807) is 12.3 Å². The maximum absolute atomic E-state index is 13.2. The molecule has 0 radical (unpaired) electrons. The monoisotopic (exact) mass is 278 g/mol. The summed E-state index contributed by atoms with van der Waals surface area (Å²) in [5.74, 6) is 4.72. The van der Waals surface area contributed by atoms with Crippen molar-refractivity contribution in [2.45, 2.75) is 18.9 Å². The second-order valence-corrected chi connectivity index (χ2v) is 4.60. The quantitative estimate of drug-likeness (QED) is 0.573. The van der Waals surface area contributed by atoms with E-state index >= 15 is 0 Å². The Kier molecular flexibility index (Phi) is 4.60. The maximum atomic E-state index is 13.2. The van der Waals surface area contributed by atoms with Crippen molar-refractivity contribution >= 4 is 5.82 Å². The van der Waals surface area contributed by atoms with Gasteiger partial charge in [0, 0.05) is 18.3 Å². The minimum atomic E-state index is -0.600. The lowest BCUT2D eigenvalue weighted by Gasteiger charge is -2.17. The Bertz CT molecular complexity index is 569. The standard InChI is InChI=1S/C14H16F2N4/c15-11-4-9(5-12(16)8-11)6-13(20-18)7-10-2-1-3-19-14(10)17/h1-5,8,13,20H,6-7,18H2,(H2,17,19). The van der Waals surface area contributed by atoms with Crippen LogP contribution in [-0.2, 0) is 12.8 Å². The molecular formula is C14H16F2N4. The zero-order valence-corrected chi connectivity index (χ0v) is 10.8. The molecule has 0 saturated heterocycles. The number of nitrogens with two attached hydrogens (primary N) is 2. The Balaban J connectivity index is 2.11. The molecule has 0 saturated carbocycles. The molecular weight excluding hydrogens is 262 g/mol. The summed E-state index contributed by atoms with van der Waals surface area (Å²) in [7, 11) is 0. The van der Waals surface area contributed by atoms with Crippen LogP contribution in [0.25, 0.3) is 0 Å². The third-order valence-electron chi connectivity index (χ3n) is 3.03. The molecule has 2 aromatic rings. The van der Waals surface area contributed by atoms with Crippen molar-refractivity contribution in [2.24, 2.45) is 5.84 Å². The highest BCUT2D eigenvalue weighted by molar-refractivity contribution is 5.39. The minimum absolute atomic E-state index is 0.192. The van der Waals surface area contributed by atoms with Gasteiger partial charge in [-0.1, -0.05) is 6.07 Å². The summed E-state index contributed by atoms with van der Waals surface area (Å²) in [5, 5.41) is 0. The lowest BCUT2D eigenvalue weighted by molar-refractivity contribution is 0.516. The molecule has 0 fully saturated rings. The van der Waals surface area contributed by atoms with Crippen molar-refractivity contribution in [3.63, 3.8) is 0 Å². The van der Waals surface area contributed by atoms with Crippen molar-refractivity contribution in [1.82, 2.24) is 10.4 Å². The molecule has 0 aliphatic carbocycles. The van der Waals surface area contributed by atoms with Gasteiger partial charge in [0.2, 0.25) is 0 Å². The molecule has 0 amide bonds. The highest BCUT2D eigenvalue weighted by Crippen LogP contribution is 2.14. The Hall–Kier alpha value is -2.05. The average Bonchev–Trinajstić information content (AvgIpc) is 2.39. The van der Waals surface area contributed by atoms with E-state index in [9.17, 15) is 8.78 Å². The number of nitrogens with zero attached hydrogens (tertiary/aromatic N) is 1. The van der Waals surface area contributed by atoms with Crippen LogP contribution < -0.4 is 17.0 Å². The number of aromatic nitrogens is 1. The second kappa shape index (κ2) is 6.40. The molecule has 1 heterocycles. The van der Waals surface area contributed by atoms with Gasteiger partial charge < -0.3 is 5.73 Å². The largest absolute Gasteiger partial charge is 0.383 e. The van der Waals surface area contributed by atoms with E-state index in [4.69, 9.17) is 11.6 Å². The molecule has 1 aromatic carbocycles. The number of hydrazine groups is 1. The number of rotatable bonds is 5. The van der Waals surface area contributed by atoms with Crippen LogP contribution >= 0.6 is 0 Å². The van der Waals surface area contributed by atoms with E-state index in [2.05, 4.69) is 10.4 Å². The van der Waals surface area contributed by atoms with Crippen molar-refractivity contribution in [3.05, 3.63) is 59.3 Å². The van der Waals surface area contributed by atoms with Crippen LogP contribution in [-0.4, -0.2) is 11.0 Å². The van der Waals surface area contributed by atoms with Crippen molar-refractivity contribution in [2.75, 3.05) is 5.73 Å². The van der Waals surface area contributed by atoms with E-state index in [1.165, 1.54) is 12.1 Å². The molecule has 0 bridgehead atoms. The fourth-order valence-electron chi connectivity index (χ4n) is 2.09. The highest BCUT2D eigenvalue weighted by Gasteiger charge is 2.12. The molecule has 1 atom stereocenters. The second-order valence-electron chi connectivity index (χ2n) is 4.60. The van der Waals surface area contributed by atoms with E-state index in [0.29, 0.717) is 24.2 Å². The van der Waals surface area contributed by atoms with E-state index in [0.717, 1.165) is 11.6 Å². The molecule has 106 valence electrons. The maximum Gasteiger partial charge on any atom is 0.126 e. The van der Waals surface area contributed by atoms with Crippen LogP contribution in [0.15, 0.2) is 36.5 Å². The van der Waals surface area contributed by atoms with Crippen LogP contribution in [0.3, 0.4) is 0 Å². The Labute approximate surface area is 115 Å². The first kappa shape index (κ1) is 14.4. The molecule has 20 heavy (non-hydrogen) atoms. The van der Waals surface area contributed by atoms with Gasteiger partial charge in [0.25, 0.3) is 0 Å². The third-order valence-corrected chi connectivity index (χ3v) is 3.03. The Morgan fingerprint density at radius 3 is 2.45 bits per heavy atom. The zero-order chi connectivity index (χ0) is 14.5. The van der Waals surface area contributed by atoms with Gasteiger partial charge in [-0.15, -0.1) is 0 Å². The lowest BCUT2D eigenvalue weighted by Crippen LogP contribution is -2.38.